The maximum atomic E-state index is 12.1. The Morgan fingerprint density at radius 1 is 1.25 bits per heavy atom. The van der Waals surface area contributed by atoms with Crippen molar-refractivity contribution >= 4 is 17.7 Å². The predicted molar refractivity (Wildman–Crippen MR) is 76.9 cm³/mol. The summed E-state index contributed by atoms with van der Waals surface area (Å²) in [5.74, 6) is -0.540. The van der Waals surface area contributed by atoms with Crippen molar-refractivity contribution in [3.05, 3.63) is 0 Å². The maximum absolute atomic E-state index is 12.1. The van der Waals surface area contributed by atoms with E-state index in [0.29, 0.717) is 25.8 Å². The summed E-state index contributed by atoms with van der Waals surface area (Å²) >= 11 is 0. The Morgan fingerprint density at radius 2 is 2.00 bits per heavy atom. The second-order valence-corrected chi connectivity index (χ2v) is 5.34. The lowest BCUT2D eigenvalue weighted by molar-refractivity contribution is -0.140. The molecule has 1 atom stereocenters. The highest BCUT2D eigenvalue weighted by atomic mass is 16.2. The molecule has 0 unspecified atom stereocenters. The average Bonchev–Trinajstić information content (AvgIpc) is 2.82. The van der Waals surface area contributed by atoms with E-state index in [9.17, 15) is 14.4 Å². The summed E-state index contributed by atoms with van der Waals surface area (Å²) in [6.45, 7) is 4.60. The summed E-state index contributed by atoms with van der Waals surface area (Å²) in [4.78, 5) is 37.0. The summed E-state index contributed by atoms with van der Waals surface area (Å²) in [6.07, 6.45) is 6.29. The average molecular weight is 282 g/mol. The van der Waals surface area contributed by atoms with E-state index in [0.717, 1.165) is 32.1 Å². The van der Waals surface area contributed by atoms with Crippen LogP contribution >= 0.6 is 0 Å². The Balaban J connectivity index is 2.39. The molecule has 1 N–H and O–H groups in total. The van der Waals surface area contributed by atoms with Gasteiger partial charge in [0.2, 0.25) is 17.7 Å². The van der Waals surface area contributed by atoms with Crippen LogP contribution in [0.2, 0.25) is 0 Å². The number of carbonyl (C=O) groups excluding carboxylic acids is 3. The molecule has 114 valence electrons. The highest BCUT2D eigenvalue weighted by Gasteiger charge is 2.31. The summed E-state index contributed by atoms with van der Waals surface area (Å²) in [5, 5.41) is 2.43. The Morgan fingerprint density at radius 3 is 2.55 bits per heavy atom. The van der Waals surface area contributed by atoms with Crippen LogP contribution in [-0.2, 0) is 14.4 Å². The second-order valence-electron chi connectivity index (χ2n) is 5.34. The van der Waals surface area contributed by atoms with Gasteiger partial charge in [-0.15, -0.1) is 0 Å². The first-order valence-electron chi connectivity index (χ1n) is 7.73. The minimum atomic E-state index is -0.496. The fourth-order valence-electron chi connectivity index (χ4n) is 2.54. The van der Waals surface area contributed by atoms with Gasteiger partial charge in [0, 0.05) is 19.4 Å². The summed E-state index contributed by atoms with van der Waals surface area (Å²) in [7, 11) is 0. The van der Waals surface area contributed by atoms with E-state index in [1.54, 1.807) is 4.90 Å². The van der Waals surface area contributed by atoms with Gasteiger partial charge in [0.25, 0.3) is 0 Å². The molecule has 5 heteroatoms. The van der Waals surface area contributed by atoms with Gasteiger partial charge in [0.15, 0.2) is 0 Å². The Labute approximate surface area is 121 Å². The van der Waals surface area contributed by atoms with Crippen LogP contribution in [0, 0.1) is 0 Å². The van der Waals surface area contributed by atoms with Gasteiger partial charge in [-0.1, -0.05) is 33.1 Å². The summed E-state index contributed by atoms with van der Waals surface area (Å²) in [6, 6.07) is -0.496. The molecule has 0 bridgehead atoms. The van der Waals surface area contributed by atoms with Crippen molar-refractivity contribution in [2.45, 2.75) is 71.3 Å². The first-order valence-corrected chi connectivity index (χ1v) is 7.73. The van der Waals surface area contributed by atoms with Crippen molar-refractivity contribution < 1.29 is 14.4 Å². The standard InChI is InChI=1S/C15H26N2O3/c1-3-5-6-7-9-13(18)16-15(20)12(4-2)17-11-8-10-14(17)19/h12H,3-11H2,1-2H3,(H,16,18,20)/t12-/m0/s1. The Bertz CT molecular complexity index is 355. The fraction of sp³-hybridized carbons (Fsp3) is 0.800. The summed E-state index contributed by atoms with van der Waals surface area (Å²) in [5.41, 5.74) is 0. The van der Waals surface area contributed by atoms with E-state index in [1.807, 2.05) is 6.92 Å². The molecule has 1 aliphatic heterocycles. The normalized spacial score (nSPS) is 16.3. The zero-order valence-electron chi connectivity index (χ0n) is 12.6. The Kier molecular flexibility index (Phi) is 7.26. The lowest BCUT2D eigenvalue weighted by atomic mass is 10.1. The van der Waals surface area contributed by atoms with E-state index in [4.69, 9.17) is 0 Å². The number of carbonyl (C=O) groups is 3. The molecular formula is C15H26N2O3. The van der Waals surface area contributed by atoms with E-state index < -0.39 is 6.04 Å². The third-order valence-electron chi connectivity index (χ3n) is 3.70. The number of rotatable bonds is 8. The molecule has 1 aliphatic rings. The van der Waals surface area contributed by atoms with Crippen molar-refractivity contribution in [3.8, 4) is 0 Å². The fourth-order valence-corrected chi connectivity index (χ4v) is 2.54. The van der Waals surface area contributed by atoms with Gasteiger partial charge in [-0.25, -0.2) is 0 Å². The molecule has 3 amide bonds. The molecule has 1 heterocycles. The highest BCUT2D eigenvalue weighted by Crippen LogP contribution is 2.16. The predicted octanol–water partition coefficient (Wildman–Crippen LogP) is 2.00. The number of hydrogen-bond donors (Lipinski definition) is 1. The topological polar surface area (TPSA) is 66.5 Å². The largest absolute Gasteiger partial charge is 0.331 e. The first kappa shape index (κ1) is 16.7. The molecule has 0 aromatic rings. The number of likely N-dealkylation sites (tertiary alicyclic amines) is 1. The zero-order valence-corrected chi connectivity index (χ0v) is 12.6. The van der Waals surface area contributed by atoms with Gasteiger partial charge in [-0.3, -0.25) is 19.7 Å². The van der Waals surface area contributed by atoms with Gasteiger partial charge in [0.05, 0.1) is 0 Å². The minimum absolute atomic E-state index is 0.0161. The van der Waals surface area contributed by atoms with E-state index in [1.165, 1.54) is 0 Å². The van der Waals surface area contributed by atoms with Crippen LogP contribution in [-0.4, -0.2) is 35.2 Å². The highest BCUT2D eigenvalue weighted by molar-refractivity contribution is 5.99. The molecule has 1 saturated heterocycles. The van der Waals surface area contributed by atoms with Crippen molar-refractivity contribution in [2.75, 3.05) is 6.54 Å². The van der Waals surface area contributed by atoms with Gasteiger partial charge < -0.3 is 4.90 Å². The number of unbranched alkanes of at least 4 members (excludes halogenated alkanes) is 3. The van der Waals surface area contributed by atoms with Crippen molar-refractivity contribution in [1.82, 2.24) is 10.2 Å². The van der Waals surface area contributed by atoms with Gasteiger partial charge in [-0.05, 0) is 19.3 Å². The second kappa shape index (κ2) is 8.72. The van der Waals surface area contributed by atoms with Crippen LogP contribution < -0.4 is 5.32 Å². The molecule has 5 nitrogen and oxygen atoms in total. The molecule has 1 fully saturated rings. The molecule has 0 aromatic heterocycles. The molecule has 20 heavy (non-hydrogen) atoms. The van der Waals surface area contributed by atoms with Crippen LogP contribution in [0.15, 0.2) is 0 Å². The first-order chi connectivity index (χ1) is 9.60. The maximum Gasteiger partial charge on any atom is 0.249 e. The molecule has 0 saturated carbocycles. The quantitative estimate of drug-likeness (QED) is 0.692. The minimum Gasteiger partial charge on any atom is -0.331 e. The molecule has 1 rings (SSSR count). The lowest BCUT2D eigenvalue weighted by Gasteiger charge is -2.25. The van der Waals surface area contributed by atoms with Crippen LogP contribution in [0.25, 0.3) is 0 Å². The number of hydrogen-bond acceptors (Lipinski definition) is 3. The molecule has 0 spiro atoms. The van der Waals surface area contributed by atoms with Crippen LogP contribution in [0.4, 0.5) is 0 Å². The number of nitrogens with one attached hydrogen (secondary N) is 1. The van der Waals surface area contributed by atoms with Crippen molar-refractivity contribution in [2.24, 2.45) is 0 Å². The lowest BCUT2D eigenvalue weighted by Crippen LogP contribution is -2.48. The third kappa shape index (κ3) is 4.94. The molecule has 0 radical (unpaired) electrons. The monoisotopic (exact) mass is 282 g/mol. The SMILES string of the molecule is CCCCCCC(=O)NC(=O)[C@H](CC)N1CCCC1=O. The smallest absolute Gasteiger partial charge is 0.249 e. The molecule has 0 aromatic carbocycles. The van der Waals surface area contributed by atoms with E-state index in [2.05, 4.69) is 12.2 Å². The zero-order chi connectivity index (χ0) is 15.0. The van der Waals surface area contributed by atoms with Gasteiger partial charge in [-0.2, -0.15) is 0 Å². The van der Waals surface area contributed by atoms with Crippen LogP contribution in [0.5, 0.6) is 0 Å². The van der Waals surface area contributed by atoms with Crippen molar-refractivity contribution in [1.29, 1.82) is 0 Å². The number of imide groups is 1. The number of nitrogens with zero attached hydrogens (tertiary/aromatic N) is 1. The Hall–Kier alpha value is -1.39. The molecular weight excluding hydrogens is 256 g/mol. The molecule has 0 aliphatic carbocycles. The van der Waals surface area contributed by atoms with Crippen LogP contribution in [0.3, 0.4) is 0 Å². The third-order valence-corrected chi connectivity index (χ3v) is 3.70. The van der Waals surface area contributed by atoms with Crippen LogP contribution in [0.1, 0.15) is 65.2 Å². The van der Waals surface area contributed by atoms with Gasteiger partial charge >= 0.3 is 0 Å². The summed E-state index contributed by atoms with van der Waals surface area (Å²) < 4.78 is 0. The van der Waals surface area contributed by atoms with E-state index >= 15 is 0 Å². The van der Waals surface area contributed by atoms with Gasteiger partial charge in [0.1, 0.15) is 6.04 Å². The number of amides is 3. The van der Waals surface area contributed by atoms with Crippen molar-refractivity contribution in [3.63, 3.8) is 0 Å². The van der Waals surface area contributed by atoms with E-state index in [-0.39, 0.29) is 17.7 Å².